The molecule has 2 N–H and O–H groups in total. The van der Waals surface area contributed by atoms with Crippen molar-refractivity contribution >= 4 is 11.2 Å². The molecular weight excluding hydrogens is 360 g/mol. The fourth-order valence-electron chi connectivity index (χ4n) is 4.07. The summed E-state index contributed by atoms with van der Waals surface area (Å²) in [7, 11) is 0. The largest absolute Gasteiger partial charge is 0.508 e. The molecule has 1 aliphatic rings. The predicted octanol–water partition coefficient (Wildman–Crippen LogP) is 4.98. The number of aromatic hydroxyl groups is 1. The number of nitrogens with zero attached hydrogens (tertiary/aromatic N) is 3. The number of aromatic amines is 1. The van der Waals surface area contributed by atoms with E-state index in [1.165, 1.54) is 37.9 Å². The first-order chi connectivity index (χ1) is 14.3. The summed E-state index contributed by atoms with van der Waals surface area (Å²) in [5.74, 6) is 1.08. The maximum absolute atomic E-state index is 9.56. The van der Waals surface area contributed by atoms with Crippen LogP contribution in [0.1, 0.15) is 24.8 Å². The minimum Gasteiger partial charge on any atom is -0.508 e. The Labute approximate surface area is 170 Å². The first kappa shape index (κ1) is 17.9. The highest BCUT2D eigenvalue weighted by molar-refractivity contribution is 5.91. The second-order valence-electron chi connectivity index (χ2n) is 7.72. The van der Waals surface area contributed by atoms with Gasteiger partial charge in [0.1, 0.15) is 11.6 Å². The highest BCUT2D eigenvalue weighted by Crippen LogP contribution is 2.29. The maximum atomic E-state index is 9.56. The Bertz CT molecular complexity index is 1110. The second kappa shape index (κ2) is 7.68. The van der Waals surface area contributed by atoms with Crippen molar-refractivity contribution in [1.29, 1.82) is 0 Å². The van der Waals surface area contributed by atoms with E-state index in [4.69, 9.17) is 4.98 Å². The molecule has 5 rings (SSSR count). The van der Waals surface area contributed by atoms with E-state index in [1.807, 2.05) is 18.2 Å². The Morgan fingerprint density at radius 3 is 2.34 bits per heavy atom. The highest BCUT2D eigenvalue weighted by atomic mass is 16.3. The summed E-state index contributed by atoms with van der Waals surface area (Å²) >= 11 is 0. The molecular formula is C24H24N4O. The first-order valence-electron chi connectivity index (χ1n) is 10.2. The van der Waals surface area contributed by atoms with Gasteiger partial charge in [-0.05, 0) is 55.3 Å². The maximum Gasteiger partial charge on any atom is 0.178 e. The van der Waals surface area contributed by atoms with Gasteiger partial charge in [-0.15, -0.1) is 0 Å². The molecule has 1 saturated heterocycles. The number of likely N-dealkylation sites (tertiary alicyclic amines) is 1. The summed E-state index contributed by atoms with van der Waals surface area (Å²) in [5, 5.41) is 9.56. The lowest BCUT2D eigenvalue weighted by Crippen LogP contribution is -2.28. The number of benzene rings is 2. The number of hydrogen-bond donors (Lipinski definition) is 2. The number of H-pyrrole nitrogens is 1. The molecule has 0 bridgehead atoms. The molecule has 0 amide bonds. The number of imidazole rings is 1. The molecule has 0 aliphatic carbocycles. The van der Waals surface area contributed by atoms with Crippen LogP contribution in [0, 0.1) is 0 Å². The lowest BCUT2D eigenvalue weighted by molar-refractivity contribution is 0.221. The molecule has 29 heavy (non-hydrogen) atoms. The molecule has 146 valence electrons. The van der Waals surface area contributed by atoms with E-state index >= 15 is 0 Å². The van der Waals surface area contributed by atoms with E-state index < -0.39 is 0 Å². The minimum absolute atomic E-state index is 0.258. The number of rotatable bonds is 4. The number of fused-ring (bicyclic) bond motifs is 1. The highest BCUT2D eigenvalue weighted by Gasteiger charge is 2.13. The molecule has 5 heteroatoms. The quantitative estimate of drug-likeness (QED) is 0.521. The topological polar surface area (TPSA) is 65.0 Å². The van der Waals surface area contributed by atoms with E-state index in [-0.39, 0.29) is 5.75 Å². The van der Waals surface area contributed by atoms with Crippen LogP contribution in [0.2, 0.25) is 0 Å². The standard InChI is InChI=1S/C24H24N4O/c29-20-10-8-18(9-11-20)21-12-13-25-24-22(21)26-23(27-24)19-6-4-17(5-7-19)16-28-14-2-1-3-15-28/h4-13,29H,1-3,14-16H2,(H,25,26,27). The van der Waals surface area contributed by atoms with E-state index in [0.717, 1.165) is 34.6 Å². The van der Waals surface area contributed by atoms with Crippen molar-refractivity contribution in [2.45, 2.75) is 25.8 Å². The van der Waals surface area contributed by atoms with Crippen molar-refractivity contribution in [1.82, 2.24) is 19.9 Å². The third-order valence-electron chi connectivity index (χ3n) is 5.65. The van der Waals surface area contributed by atoms with Crippen LogP contribution in [-0.2, 0) is 6.54 Å². The molecule has 0 unspecified atom stereocenters. The third-order valence-corrected chi connectivity index (χ3v) is 5.65. The fraction of sp³-hybridized carbons (Fsp3) is 0.250. The number of piperidine rings is 1. The summed E-state index contributed by atoms with van der Waals surface area (Å²) in [6, 6.07) is 17.8. The molecule has 1 fully saturated rings. The first-order valence-corrected chi connectivity index (χ1v) is 10.2. The predicted molar refractivity (Wildman–Crippen MR) is 116 cm³/mol. The average Bonchev–Trinajstić information content (AvgIpc) is 3.20. The molecule has 5 nitrogen and oxygen atoms in total. The van der Waals surface area contributed by atoms with Gasteiger partial charge in [-0.3, -0.25) is 4.90 Å². The summed E-state index contributed by atoms with van der Waals surface area (Å²) < 4.78 is 0. The van der Waals surface area contributed by atoms with Gasteiger partial charge in [0.25, 0.3) is 0 Å². The van der Waals surface area contributed by atoms with Gasteiger partial charge in [-0.2, -0.15) is 0 Å². The molecule has 2 aromatic carbocycles. The van der Waals surface area contributed by atoms with Gasteiger partial charge >= 0.3 is 0 Å². The SMILES string of the molecule is Oc1ccc(-c2ccnc3nc(-c4ccc(CN5CCCCC5)cc4)[nH]c23)cc1. The Hall–Kier alpha value is -3.18. The summed E-state index contributed by atoms with van der Waals surface area (Å²) in [6.07, 6.45) is 5.76. The third kappa shape index (κ3) is 3.74. The summed E-state index contributed by atoms with van der Waals surface area (Å²) in [6.45, 7) is 3.43. The van der Waals surface area contributed by atoms with Crippen LogP contribution in [-0.4, -0.2) is 38.0 Å². The lowest BCUT2D eigenvalue weighted by Gasteiger charge is -2.26. The zero-order chi connectivity index (χ0) is 19.6. The zero-order valence-corrected chi connectivity index (χ0v) is 16.3. The molecule has 0 spiro atoms. The van der Waals surface area contributed by atoms with Crippen molar-refractivity contribution in [2.75, 3.05) is 13.1 Å². The number of aromatic nitrogens is 3. The Morgan fingerprint density at radius 2 is 1.59 bits per heavy atom. The molecule has 4 aromatic rings. The van der Waals surface area contributed by atoms with Crippen molar-refractivity contribution < 1.29 is 5.11 Å². The monoisotopic (exact) mass is 384 g/mol. The molecule has 0 atom stereocenters. The number of pyridine rings is 1. The van der Waals surface area contributed by atoms with Crippen LogP contribution < -0.4 is 0 Å². The van der Waals surface area contributed by atoms with Gasteiger partial charge in [0, 0.05) is 23.9 Å². The van der Waals surface area contributed by atoms with Crippen molar-refractivity contribution in [2.24, 2.45) is 0 Å². The summed E-state index contributed by atoms with van der Waals surface area (Å²) in [4.78, 5) is 15.1. The molecule has 1 aliphatic heterocycles. The smallest absolute Gasteiger partial charge is 0.178 e. The number of hydrogen-bond acceptors (Lipinski definition) is 4. The van der Waals surface area contributed by atoms with Gasteiger partial charge in [-0.25, -0.2) is 9.97 Å². The van der Waals surface area contributed by atoms with E-state index in [0.29, 0.717) is 5.65 Å². The van der Waals surface area contributed by atoms with Gasteiger partial charge in [-0.1, -0.05) is 42.8 Å². The lowest BCUT2D eigenvalue weighted by atomic mass is 10.1. The Morgan fingerprint density at radius 1 is 0.862 bits per heavy atom. The van der Waals surface area contributed by atoms with Crippen LogP contribution in [0.5, 0.6) is 5.75 Å². The number of phenols is 1. The van der Waals surface area contributed by atoms with Crippen LogP contribution in [0.15, 0.2) is 60.8 Å². The van der Waals surface area contributed by atoms with Crippen LogP contribution >= 0.6 is 0 Å². The van der Waals surface area contributed by atoms with Crippen LogP contribution in [0.25, 0.3) is 33.7 Å². The van der Waals surface area contributed by atoms with E-state index in [9.17, 15) is 5.11 Å². The van der Waals surface area contributed by atoms with Gasteiger partial charge in [0.2, 0.25) is 0 Å². The van der Waals surface area contributed by atoms with Gasteiger partial charge in [0.05, 0.1) is 5.52 Å². The normalized spacial score (nSPS) is 15.0. The Balaban J connectivity index is 1.43. The molecule has 0 saturated carbocycles. The average molecular weight is 384 g/mol. The van der Waals surface area contributed by atoms with Crippen molar-refractivity contribution in [3.05, 3.63) is 66.4 Å². The fourth-order valence-corrected chi connectivity index (χ4v) is 4.07. The van der Waals surface area contributed by atoms with Gasteiger partial charge in [0.15, 0.2) is 5.65 Å². The molecule has 0 radical (unpaired) electrons. The van der Waals surface area contributed by atoms with Crippen molar-refractivity contribution in [3.8, 4) is 28.3 Å². The van der Waals surface area contributed by atoms with Crippen molar-refractivity contribution in [3.63, 3.8) is 0 Å². The number of phenolic OH excluding ortho intramolecular Hbond substituents is 1. The second-order valence-corrected chi connectivity index (χ2v) is 7.72. The van der Waals surface area contributed by atoms with Gasteiger partial charge < -0.3 is 10.1 Å². The minimum atomic E-state index is 0.258. The molecule has 3 heterocycles. The molecule has 2 aromatic heterocycles. The van der Waals surface area contributed by atoms with E-state index in [2.05, 4.69) is 39.1 Å². The number of nitrogens with one attached hydrogen (secondary N) is 1. The van der Waals surface area contributed by atoms with Crippen LogP contribution in [0.3, 0.4) is 0 Å². The Kier molecular flexibility index (Phi) is 4.74. The van der Waals surface area contributed by atoms with Crippen LogP contribution in [0.4, 0.5) is 0 Å². The zero-order valence-electron chi connectivity index (χ0n) is 16.3. The summed E-state index contributed by atoms with van der Waals surface area (Å²) in [5.41, 5.74) is 6.04. The van der Waals surface area contributed by atoms with E-state index in [1.54, 1.807) is 18.3 Å².